The van der Waals surface area contributed by atoms with Gasteiger partial charge in [0.2, 0.25) is 0 Å². The number of fused-ring (bicyclic) bond motifs is 1. The summed E-state index contributed by atoms with van der Waals surface area (Å²) in [5.74, 6) is 0.678. The van der Waals surface area contributed by atoms with Crippen molar-refractivity contribution in [1.29, 1.82) is 0 Å². The molecule has 1 aromatic carbocycles. The monoisotopic (exact) mass is 178 g/mol. The van der Waals surface area contributed by atoms with Crippen molar-refractivity contribution in [3.8, 4) is 5.75 Å². The SMILES string of the molecule is COc1ccc2c(c1)C(O)CC2=O. The Hall–Kier alpha value is -1.35. The van der Waals surface area contributed by atoms with E-state index in [4.69, 9.17) is 4.74 Å². The zero-order valence-electron chi connectivity index (χ0n) is 7.28. The minimum absolute atomic E-state index is 0.00477. The van der Waals surface area contributed by atoms with E-state index in [1.807, 2.05) is 0 Å². The van der Waals surface area contributed by atoms with Crippen LogP contribution >= 0.6 is 0 Å². The molecule has 1 N–H and O–H groups in total. The van der Waals surface area contributed by atoms with Gasteiger partial charge in [-0.15, -0.1) is 0 Å². The second-order valence-corrected chi connectivity index (χ2v) is 3.10. The number of rotatable bonds is 1. The van der Waals surface area contributed by atoms with Crippen molar-refractivity contribution in [3.63, 3.8) is 0 Å². The third kappa shape index (κ3) is 1.21. The van der Waals surface area contributed by atoms with Gasteiger partial charge in [0.25, 0.3) is 0 Å². The van der Waals surface area contributed by atoms with Gasteiger partial charge in [0.15, 0.2) is 5.78 Å². The summed E-state index contributed by atoms with van der Waals surface area (Å²) >= 11 is 0. The van der Waals surface area contributed by atoms with Gasteiger partial charge in [-0.1, -0.05) is 0 Å². The fourth-order valence-corrected chi connectivity index (χ4v) is 1.59. The van der Waals surface area contributed by atoms with Crippen LogP contribution in [0.4, 0.5) is 0 Å². The molecule has 0 heterocycles. The molecule has 0 amide bonds. The molecule has 13 heavy (non-hydrogen) atoms. The van der Waals surface area contributed by atoms with Crippen molar-refractivity contribution >= 4 is 5.78 Å². The van der Waals surface area contributed by atoms with Gasteiger partial charge >= 0.3 is 0 Å². The lowest BCUT2D eigenvalue weighted by atomic mass is 10.1. The Morgan fingerprint density at radius 1 is 1.54 bits per heavy atom. The molecule has 2 rings (SSSR count). The highest BCUT2D eigenvalue weighted by molar-refractivity contribution is 6.01. The quantitative estimate of drug-likeness (QED) is 0.705. The van der Waals surface area contributed by atoms with E-state index in [-0.39, 0.29) is 12.2 Å². The number of ketones is 1. The van der Waals surface area contributed by atoms with Crippen LogP contribution in [0.5, 0.6) is 5.75 Å². The van der Waals surface area contributed by atoms with E-state index < -0.39 is 6.10 Å². The van der Waals surface area contributed by atoms with Crippen LogP contribution in [0.15, 0.2) is 18.2 Å². The van der Waals surface area contributed by atoms with Crippen molar-refractivity contribution in [2.75, 3.05) is 7.11 Å². The summed E-state index contributed by atoms with van der Waals surface area (Å²) in [6.45, 7) is 0. The summed E-state index contributed by atoms with van der Waals surface area (Å²) in [6.07, 6.45) is -0.458. The molecule has 1 aliphatic rings. The number of hydrogen-bond acceptors (Lipinski definition) is 3. The van der Waals surface area contributed by atoms with Crippen molar-refractivity contribution in [3.05, 3.63) is 29.3 Å². The summed E-state index contributed by atoms with van der Waals surface area (Å²) in [6, 6.07) is 5.15. The van der Waals surface area contributed by atoms with Gasteiger partial charge in [-0.25, -0.2) is 0 Å². The molecule has 0 aromatic heterocycles. The van der Waals surface area contributed by atoms with Gasteiger partial charge in [0.05, 0.1) is 13.2 Å². The number of aliphatic hydroxyl groups excluding tert-OH is 1. The maximum atomic E-state index is 11.3. The highest BCUT2D eigenvalue weighted by Gasteiger charge is 2.27. The van der Waals surface area contributed by atoms with E-state index in [1.165, 1.54) is 0 Å². The number of carbonyl (C=O) groups excluding carboxylic acids is 1. The molecule has 1 unspecified atom stereocenters. The van der Waals surface area contributed by atoms with Crippen molar-refractivity contribution in [1.82, 2.24) is 0 Å². The minimum Gasteiger partial charge on any atom is -0.497 e. The molecular weight excluding hydrogens is 168 g/mol. The first-order valence-electron chi connectivity index (χ1n) is 4.11. The van der Waals surface area contributed by atoms with E-state index in [0.29, 0.717) is 16.9 Å². The van der Waals surface area contributed by atoms with Crippen molar-refractivity contribution in [2.45, 2.75) is 12.5 Å². The summed E-state index contributed by atoms with van der Waals surface area (Å²) in [5, 5.41) is 9.50. The van der Waals surface area contributed by atoms with Crippen LogP contribution < -0.4 is 4.74 Å². The normalized spacial score (nSPS) is 20.2. The van der Waals surface area contributed by atoms with Crippen LogP contribution in [-0.4, -0.2) is 18.0 Å². The number of carbonyl (C=O) groups is 1. The Bertz CT molecular complexity index is 357. The number of methoxy groups -OCH3 is 1. The molecule has 1 aliphatic carbocycles. The lowest BCUT2D eigenvalue weighted by molar-refractivity contribution is 0.0930. The zero-order chi connectivity index (χ0) is 9.42. The summed E-state index contributed by atoms with van der Waals surface area (Å²) in [7, 11) is 1.56. The second kappa shape index (κ2) is 2.85. The summed E-state index contributed by atoms with van der Waals surface area (Å²) < 4.78 is 5.00. The molecule has 0 spiro atoms. The number of benzene rings is 1. The largest absolute Gasteiger partial charge is 0.497 e. The van der Waals surface area contributed by atoms with Crippen molar-refractivity contribution in [2.24, 2.45) is 0 Å². The van der Waals surface area contributed by atoms with Crippen molar-refractivity contribution < 1.29 is 14.6 Å². The molecule has 0 bridgehead atoms. The van der Waals surface area contributed by atoms with Crippen LogP contribution in [0, 0.1) is 0 Å². The molecule has 68 valence electrons. The number of Topliss-reactive ketones (excluding diaryl/α,β-unsaturated/α-hetero) is 1. The molecule has 1 atom stereocenters. The van der Waals surface area contributed by atoms with Gasteiger partial charge in [-0.2, -0.15) is 0 Å². The fourth-order valence-electron chi connectivity index (χ4n) is 1.59. The van der Waals surface area contributed by atoms with E-state index >= 15 is 0 Å². The minimum atomic E-state index is -0.655. The maximum Gasteiger partial charge on any atom is 0.166 e. The highest BCUT2D eigenvalue weighted by atomic mass is 16.5. The Kier molecular flexibility index (Phi) is 1.81. The molecule has 3 nitrogen and oxygen atoms in total. The van der Waals surface area contributed by atoms with E-state index in [9.17, 15) is 9.90 Å². The molecular formula is C10H10O3. The standard InChI is InChI=1S/C10H10O3/c1-13-6-2-3-7-8(4-6)10(12)5-9(7)11/h2-4,10,12H,5H2,1H3. The predicted octanol–water partition coefficient (Wildman–Crippen LogP) is 1.31. The molecule has 0 fully saturated rings. The fraction of sp³-hybridized carbons (Fsp3) is 0.300. The van der Waals surface area contributed by atoms with Crippen LogP contribution in [0.1, 0.15) is 28.4 Å². The van der Waals surface area contributed by atoms with E-state index in [2.05, 4.69) is 0 Å². The van der Waals surface area contributed by atoms with E-state index in [0.717, 1.165) is 0 Å². The number of hydrogen-bond donors (Lipinski definition) is 1. The average Bonchev–Trinajstić information content (AvgIpc) is 2.42. The van der Waals surface area contributed by atoms with Gasteiger partial charge in [-0.05, 0) is 23.8 Å². The smallest absolute Gasteiger partial charge is 0.166 e. The first-order valence-corrected chi connectivity index (χ1v) is 4.11. The number of ether oxygens (including phenoxy) is 1. The molecule has 0 aliphatic heterocycles. The lowest BCUT2D eigenvalue weighted by Crippen LogP contribution is -1.91. The zero-order valence-corrected chi connectivity index (χ0v) is 7.28. The highest BCUT2D eigenvalue weighted by Crippen LogP contribution is 2.33. The van der Waals surface area contributed by atoms with Crippen LogP contribution in [0.2, 0.25) is 0 Å². The predicted molar refractivity (Wildman–Crippen MR) is 46.9 cm³/mol. The van der Waals surface area contributed by atoms with Gasteiger partial charge < -0.3 is 9.84 Å². The van der Waals surface area contributed by atoms with Crippen LogP contribution in [0.25, 0.3) is 0 Å². The lowest BCUT2D eigenvalue weighted by Gasteiger charge is -2.04. The molecule has 0 saturated heterocycles. The Labute approximate surface area is 76.0 Å². The Morgan fingerprint density at radius 3 is 3.00 bits per heavy atom. The number of aliphatic hydroxyl groups is 1. The summed E-state index contributed by atoms with van der Waals surface area (Å²) in [4.78, 5) is 11.3. The molecule has 0 radical (unpaired) electrons. The first kappa shape index (κ1) is 8.26. The summed E-state index contributed by atoms with van der Waals surface area (Å²) in [5.41, 5.74) is 1.30. The van der Waals surface area contributed by atoms with Gasteiger partial charge in [0, 0.05) is 12.0 Å². The molecule has 0 saturated carbocycles. The maximum absolute atomic E-state index is 11.3. The molecule has 1 aromatic rings. The van der Waals surface area contributed by atoms with Crippen LogP contribution in [0.3, 0.4) is 0 Å². The topological polar surface area (TPSA) is 46.5 Å². The van der Waals surface area contributed by atoms with Gasteiger partial charge in [0.1, 0.15) is 5.75 Å². The second-order valence-electron chi connectivity index (χ2n) is 3.10. The third-order valence-corrected chi connectivity index (χ3v) is 2.30. The first-order chi connectivity index (χ1) is 6.22. The Balaban J connectivity index is 2.52. The van der Waals surface area contributed by atoms with Gasteiger partial charge in [-0.3, -0.25) is 4.79 Å². The third-order valence-electron chi connectivity index (χ3n) is 2.30. The van der Waals surface area contributed by atoms with E-state index in [1.54, 1.807) is 25.3 Å². The molecule has 3 heteroatoms. The van der Waals surface area contributed by atoms with Crippen LogP contribution in [-0.2, 0) is 0 Å². The Morgan fingerprint density at radius 2 is 2.31 bits per heavy atom. The average molecular weight is 178 g/mol.